The second-order valence-corrected chi connectivity index (χ2v) is 4.48. The minimum atomic E-state index is 0.113. The molecule has 1 aliphatic rings. The summed E-state index contributed by atoms with van der Waals surface area (Å²) in [5.41, 5.74) is 5.81. The lowest BCUT2D eigenvalue weighted by Crippen LogP contribution is -2.37. The molecule has 19 heavy (non-hydrogen) atoms. The fraction of sp³-hybridized carbons (Fsp3) is 0.700. The smallest absolute Gasteiger partial charge is 0.247 e. The van der Waals surface area contributed by atoms with Gasteiger partial charge in [0.05, 0.1) is 13.2 Å². The molecule has 0 unspecified atom stereocenters. The number of morpholine rings is 1. The average Bonchev–Trinajstić information content (AvgIpc) is 2.82. The van der Waals surface area contributed by atoms with Gasteiger partial charge in [0.2, 0.25) is 11.9 Å². The lowest BCUT2D eigenvalue weighted by molar-refractivity contribution is 0.122. The lowest BCUT2D eigenvalue weighted by atomic mass is 10.4. The van der Waals surface area contributed by atoms with Gasteiger partial charge in [-0.25, -0.2) is 0 Å². The van der Waals surface area contributed by atoms with Crippen LogP contribution in [0.5, 0.6) is 0 Å². The standard InChI is InChI=1S/C10H18N6O2S/c11-8-13-9(15-3-6-18-7-4-15)14-16(8)10(19)12-2-1-5-17/h17H,1-7H2,(H,12,19)(H2,11,13,14). The van der Waals surface area contributed by atoms with Crippen LogP contribution in [0, 0.1) is 0 Å². The number of nitrogens with two attached hydrogens (primary N) is 1. The molecule has 106 valence electrons. The molecule has 1 fully saturated rings. The van der Waals surface area contributed by atoms with E-state index in [0.29, 0.717) is 37.2 Å². The molecule has 1 saturated heterocycles. The monoisotopic (exact) mass is 286 g/mol. The summed E-state index contributed by atoms with van der Waals surface area (Å²) in [6.07, 6.45) is 0.616. The molecule has 0 aliphatic carbocycles. The van der Waals surface area contributed by atoms with Crippen LogP contribution in [0.2, 0.25) is 0 Å². The Morgan fingerprint density at radius 1 is 1.47 bits per heavy atom. The van der Waals surface area contributed by atoms with E-state index in [4.69, 9.17) is 27.8 Å². The van der Waals surface area contributed by atoms with E-state index in [-0.39, 0.29) is 12.6 Å². The first-order valence-electron chi connectivity index (χ1n) is 6.16. The molecule has 4 N–H and O–H groups in total. The molecule has 9 heteroatoms. The number of aromatic nitrogens is 3. The van der Waals surface area contributed by atoms with E-state index in [9.17, 15) is 0 Å². The van der Waals surface area contributed by atoms with Crippen molar-refractivity contribution in [3.8, 4) is 0 Å². The highest BCUT2D eigenvalue weighted by molar-refractivity contribution is 7.80. The SMILES string of the molecule is Nc1nc(N2CCOCC2)nn1C(=S)NCCCO. The first kappa shape index (κ1) is 14.0. The van der Waals surface area contributed by atoms with Crippen LogP contribution in [0.1, 0.15) is 6.42 Å². The quantitative estimate of drug-likeness (QED) is 0.469. The highest BCUT2D eigenvalue weighted by atomic mass is 32.1. The van der Waals surface area contributed by atoms with Gasteiger partial charge < -0.3 is 25.8 Å². The lowest BCUT2D eigenvalue weighted by Gasteiger charge is -2.25. The molecule has 1 aliphatic heterocycles. The molecule has 0 bridgehead atoms. The van der Waals surface area contributed by atoms with E-state index < -0.39 is 0 Å². The summed E-state index contributed by atoms with van der Waals surface area (Å²) in [6.45, 7) is 3.49. The van der Waals surface area contributed by atoms with Gasteiger partial charge in [0.15, 0.2) is 5.11 Å². The van der Waals surface area contributed by atoms with Crippen LogP contribution in [0.4, 0.5) is 11.9 Å². The van der Waals surface area contributed by atoms with Crippen molar-refractivity contribution in [1.29, 1.82) is 0 Å². The summed E-state index contributed by atoms with van der Waals surface area (Å²) in [5, 5.41) is 16.4. The number of aliphatic hydroxyl groups excluding tert-OH is 1. The van der Waals surface area contributed by atoms with Crippen molar-refractivity contribution < 1.29 is 9.84 Å². The third-order valence-electron chi connectivity index (χ3n) is 2.72. The van der Waals surface area contributed by atoms with Crippen LogP contribution < -0.4 is 16.0 Å². The van der Waals surface area contributed by atoms with Gasteiger partial charge in [0.1, 0.15) is 0 Å². The van der Waals surface area contributed by atoms with Crippen molar-refractivity contribution in [2.75, 3.05) is 50.1 Å². The summed E-state index contributed by atoms with van der Waals surface area (Å²) in [7, 11) is 0. The molecule has 0 amide bonds. The Morgan fingerprint density at radius 3 is 2.89 bits per heavy atom. The van der Waals surface area contributed by atoms with E-state index in [1.807, 2.05) is 4.90 Å². The number of nitrogens with one attached hydrogen (secondary N) is 1. The highest BCUT2D eigenvalue weighted by Gasteiger charge is 2.18. The van der Waals surface area contributed by atoms with Gasteiger partial charge in [-0.05, 0) is 18.6 Å². The number of nitrogen functional groups attached to an aromatic ring is 1. The Hall–Kier alpha value is -1.45. The molecular weight excluding hydrogens is 268 g/mol. The molecule has 1 aromatic heterocycles. The van der Waals surface area contributed by atoms with E-state index >= 15 is 0 Å². The topological polar surface area (TPSA) is 101 Å². The molecular formula is C10H18N6O2S. The summed E-state index contributed by atoms with van der Waals surface area (Å²) >= 11 is 5.18. The summed E-state index contributed by atoms with van der Waals surface area (Å²) in [6, 6.07) is 0. The van der Waals surface area contributed by atoms with E-state index in [1.54, 1.807) is 0 Å². The Bertz CT molecular complexity index is 432. The maximum atomic E-state index is 8.72. The Kier molecular flexibility index (Phi) is 4.88. The van der Waals surface area contributed by atoms with Crippen molar-refractivity contribution in [1.82, 2.24) is 20.1 Å². The largest absolute Gasteiger partial charge is 0.396 e. The second kappa shape index (κ2) is 6.64. The molecule has 0 radical (unpaired) electrons. The Labute approximate surface area is 116 Å². The molecule has 0 atom stereocenters. The zero-order valence-electron chi connectivity index (χ0n) is 10.6. The predicted molar refractivity (Wildman–Crippen MR) is 75.2 cm³/mol. The Morgan fingerprint density at radius 2 is 2.21 bits per heavy atom. The molecule has 0 saturated carbocycles. The van der Waals surface area contributed by atoms with E-state index in [1.165, 1.54) is 4.68 Å². The van der Waals surface area contributed by atoms with Gasteiger partial charge in [-0.2, -0.15) is 9.67 Å². The zero-order valence-corrected chi connectivity index (χ0v) is 11.4. The van der Waals surface area contributed by atoms with Crippen LogP contribution >= 0.6 is 12.2 Å². The predicted octanol–water partition coefficient (Wildman–Crippen LogP) is -1.20. The van der Waals surface area contributed by atoms with Crippen LogP contribution in [0.25, 0.3) is 0 Å². The first-order chi connectivity index (χ1) is 9.22. The van der Waals surface area contributed by atoms with Crippen LogP contribution in [0.3, 0.4) is 0 Å². The number of ether oxygens (including phenoxy) is 1. The number of anilines is 2. The summed E-state index contributed by atoms with van der Waals surface area (Å²) in [4.78, 5) is 6.21. The van der Waals surface area contributed by atoms with Gasteiger partial charge in [0.25, 0.3) is 0 Å². The maximum Gasteiger partial charge on any atom is 0.247 e. The van der Waals surface area contributed by atoms with Crippen molar-refractivity contribution in [2.45, 2.75) is 6.42 Å². The van der Waals surface area contributed by atoms with Crippen molar-refractivity contribution >= 4 is 29.2 Å². The fourth-order valence-corrected chi connectivity index (χ4v) is 1.95. The molecule has 0 spiro atoms. The van der Waals surface area contributed by atoms with Crippen LogP contribution in [0.15, 0.2) is 0 Å². The third-order valence-corrected chi connectivity index (χ3v) is 3.04. The van der Waals surface area contributed by atoms with Crippen LogP contribution in [-0.4, -0.2) is 64.4 Å². The van der Waals surface area contributed by atoms with E-state index in [0.717, 1.165) is 13.1 Å². The average molecular weight is 286 g/mol. The highest BCUT2D eigenvalue weighted by Crippen LogP contribution is 2.12. The molecule has 8 nitrogen and oxygen atoms in total. The minimum Gasteiger partial charge on any atom is -0.396 e. The molecule has 2 rings (SSSR count). The van der Waals surface area contributed by atoms with Gasteiger partial charge in [-0.15, -0.1) is 5.10 Å². The number of nitrogens with zero attached hydrogens (tertiary/aromatic N) is 4. The van der Waals surface area contributed by atoms with Gasteiger partial charge in [-0.3, -0.25) is 0 Å². The number of thiocarbonyl (C=S) groups is 1. The minimum absolute atomic E-state index is 0.113. The summed E-state index contributed by atoms with van der Waals surface area (Å²) < 4.78 is 6.67. The number of rotatable bonds is 4. The van der Waals surface area contributed by atoms with Crippen molar-refractivity contribution in [3.63, 3.8) is 0 Å². The number of hydrogen-bond donors (Lipinski definition) is 3. The fourth-order valence-electron chi connectivity index (χ4n) is 1.71. The van der Waals surface area contributed by atoms with Crippen molar-refractivity contribution in [3.05, 3.63) is 0 Å². The van der Waals surface area contributed by atoms with Gasteiger partial charge in [-0.1, -0.05) is 0 Å². The number of hydrogen-bond acceptors (Lipinski definition) is 7. The maximum absolute atomic E-state index is 8.72. The third kappa shape index (κ3) is 3.52. The molecule has 1 aromatic rings. The second-order valence-electron chi connectivity index (χ2n) is 4.09. The molecule has 0 aromatic carbocycles. The Balaban J connectivity index is 2.01. The van der Waals surface area contributed by atoms with Crippen molar-refractivity contribution in [2.24, 2.45) is 0 Å². The van der Waals surface area contributed by atoms with Gasteiger partial charge >= 0.3 is 0 Å². The first-order valence-corrected chi connectivity index (χ1v) is 6.57. The van der Waals surface area contributed by atoms with E-state index in [2.05, 4.69) is 15.4 Å². The normalized spacial score (nSPS) is 15.5. The molecule has 2 heterocycles. The number of aliphatic hydroxyl groups is 1. The summed E-state index contributed by atoms with van der Waals surface area (Å²) in [5.74, 6) is 0.815. The van der Waals surface area contributed by atoms with Crippen LogP contribution in [-0.2, 0) is 4.74 Å². The zero-order chi connectivity index (χ0) is 13.7. The van der Waals surface area contributed by atoms with Gasteiger partial charge in [0, 0.05) is 26.2 Å².